The molecular formula is C19H21ClN6O. The van der Waals surface area contributed by atoms with Gasteiger partial charge in [-0.2, -0.15) is 5.10 Å². The molecule has 0 aliphatic carbocycles. The number of rotatable bonds is 3. The van der Waals surface area contributed by atoms with Crippen LogP contribution in [0.4, 0.5) is 11.6 Å². The van der Waals surface area contributed by atoms with Gasteiger partial charge < -0.3 is 10.2 Å². The molecule has 1 saturated heterocycles. The lowest BCUT2D eigenvalue weighted by Gasteiger charge is -2.21. The van der Waals surface area contributed by atoms with Gasteiger partial charge in [-0.1, -0.05) is 24.4 Å². The number of carbonyl (C=O) groups excluding carboxylic acids is 1. The third-order valence-electron chi connectivity index (χ3n) is 4.84. The van der Waals surface area contributed by atoms with Crippen molar-refractivity contribution in [3.05, 3.63) is 41.2 Å². The minimum Gasteiger partial charge on any atom is -0.357 e. The molecule has 0 atom stereocenters. The quantitative estimate of drug-likeness (QED) is 0.697. The van der Waals surface area contributed by atoms with Crippen molar-refractivity contribution in [3.63, 3.8) is 0 Å². The highest BCUT2D eigenvalue weighted by atomic mass is 35.5. The number of fused-ring (bicyclic) bond motifs is 1. The molecule has 4 rings (SSSR count). The highest BCUT2D eigenvalue weighted by Gasteiger charge is 2.18. The Hall–Kier alpha value is -2.67. The van der Waals surface area contributed by atoms with Crippen molar-refractivity contribution in [2.75, 3.05) is 23.3 Å². The Morgan fingerprint density at radius 3 is 2.67 bits per heavy atom. The van der Waals surface area contributed by atoms with Crippen LogP contribution in [-0.4, -0.2) is 38.7 Å². The van der Waals surface area contributed by atoms with Crippen LogP contribution in [0.3, 0.4) is 0 Å². The fraction of sp³-hybridized carbons (Fsp3) is 0.368. The minimum absolute atomic E-state index is 0.164. The molecule has 1 aliphatic rings. The summed E-state index contributed by atoms with van der Waals surface area (Å²) in [6, 6.07) is 7.27. The van der Waals surface area contributed by atoms with E-state index in [1.54, 1.807) is 23.0 Å². The molecular weight excluding hydrogens is 364 g/mol. The fourth-order valence-corrected chi connectivity index (χ4v) is 3.62. The Kier molecular flexibility index (Phi) is 4.94. The van der Waals surface area contributed by atoms with Gasteiger partial charge in [0, 0.05) is 26.3 Å². The lowest BCUT2D eigenvalue weighted by atomic mass is 10.2. The molecule has 4 heterocycles. The SMILES string of the molecule is Cn1nc(NC(=O)c2cccnc2Cl)c2ccc(N3CCCCCC3)nc21. The number of nitrogens with zero attached hydrogens (tertiary/aromatic N) is 5. The van der Waals surface area contributed by atoms with E-state index in [0.717, 1.165) is 29.9 Å². The van der Waals surface area contributed by atoms with Crippen LogP contribution in [0.1, 0.15) is 36.0 Å². The Bertz CT molecular complexity index is 977. The maximum atomic E-state index is 12.5. The van der Waals surface area contributed by atoms with Crippen molar-refractivity contribution >= 4 is 40.2 Å². The molecule has 3 aromatic heterocycles. The fourth-order valence-electron chi connectivity index (χ4n) is 3.42. The van der Waals surface area contributed by atoms with E-state index in [2.05, 4.69) is 20.3 Å². The van der Waals surface area contributed by atoms with E-state index in [1.807, 2.05) is 19.2 Å². The topological polar surface area (TPSA) is 75.9 Å². The van der Waals surface area contributed by atoms with Crippen LogP contribution >= 0.6 is 11.6 Å². The smallest absolute Gasteiger partial charge is 0.260 e. The number of hydrogen-bond acceptors (Lipinski definition) is 5. The van der Waals surface area contributed by atoms with Crippen molar-refractivity contribution in [1.82, 2.24) is 19.7 Å². The van der Waals surface area contributed by atoms with E-state index in [0.29, 0.717) is 11.4 Å². The molecule has 1 amide bonds. The molecule has 1 N–H and O–H groups in total. The van der Waals surface area contributed by atoms with E-state index in [1.165, 1.54) is 25.7 Å². The molecule has 0 saturated carbocycles. The van der Waals surface area contributed by atoms with Crippen LogP contribution in [0.2, 0.25) is 5.15 Å². The predicted octanol–water partition coefficient (Wildman–Crippen LogP) is 3.65. The maximum absolute atomic E-state index is 12.5. The molecule has 8 heteroatoms. The Labute approximate surface area is 162 Å². The second kappa shape index (κ2) is 7.52. The molecule has 0 radical (unpaired) electrons. The maximum Gasteiger partial charge on any atom is 0.260 e. The first-order valence-electron chi connectivity index (χ1n) is 9.14. The number of halogens is 1. The Balaban J connectivity index is 1.63. The first kappa shape index (κ1) is 17.7. The highest BCUT2D eigenvalue weighted by Crippen LogP contribution is 2.26. The van der Waals surface area contributed by atoms with Gasteiger partial charge >= 0.3 is 0 Å². The summed E-state index contributed by atoms with van der Waals surface area (Å²) in [5, 5.41) is 8.21. The van der Waals surface area contributed by atoms with Gasteiger partial charge in [-0.3, -0.25) is 4.79 Å². The van der Waals surface area contributed by atoms with E-state index >= 15 is 0 Å². The van der Waals surface area contributed by atoms with Crippen LogP contribution in [0.5, 0.6) is 0 Å². The molecule has 140 valence electrons. The molecule has 0 unspecified atom stereocenters. The van der Waals surface area contributed by atoms with E-state index in [-0.39, 0.29) is 11.1 Å². The zero-order valence-corrected chi connectivity index (χ0v) is 15.9. The van der Waals surface area contributed by atoms with Gasteiger partial charge in [0.2, 0.25) is 0 Å². The summed E-state index contributed by atoms with van der Waals surface area (Å²) in [6.07, 6.45) is 6.48. The Morgan fingerprint density at radius 2 is 1.93 bits per heavy atom. The largest absolute Gasteiger partial charge is 0.357 e. The van der Waals surface area contributed by atoms with E-state index in [4.69, 9.17) is 16.6 Å². The van der Waals surface area contributed by atoms with Gasteiger partial charge in [-0.25, -0.2) is 14.6 Å². The molecule has 0 spiro atoms. The van der Waals surface area contributed by atoms with Crippen LogP contribution in [0.25, 0.3) is 11.0 Å². The third kappa shape index (κ3) is 3.60. The number of aryl methyl sites for hydroxylation is 1. The first-order chi connectivity index (χ1) is 13.1. The first-order valence-corrected chi connectivity index (χ1v) is 9.52. The Morgan fingerprint density at radius 1 is 1.15 bits per heavy atom. The van der Waals surface area contributed by atoms with Crippen LogP contribution in [0, 0.1) is 0 Å². The van der Waals surface area contributed by atoms with Crippen molar-refractivity contribution in [2.45, 2.75) is 25.7 Å². The highest BCUT2D eigenvalue weighted by molar-refractivity contribution is 6.33. The summed E-state index contributed by atoms with van der Waals surface area (Å²) >= 11 is 6.01. The van der Waals surface area contributed by atoms with Crippen molar-refractivity contribution in [1.29, 1.82) is 0 Å². The standard InChI is InChI=1S/C19H21ClN6O/c1-25-18-14(8-9-15(22-18)26-11-4-2-3-5-12-26)17(24-25)23-19(27)13-7-6-10-21-16(13)20/h6-10H,2-5,11-12H2,1H3,(H,23,24,27). The summed E-state index contributed by atoms with van der Waals surface area (Å²) in [4.78, 5) is 23.6. The molecule has 7 nitrogen and oxygen atoms in total. The zero-order valence-electron chi connectivity index (χ0n) is 15.2. The number of carbonyl (C=O) groups is 1. The average molecular weight is 385 g/mol. The summed E-state index contributed by atoms with van der Waals surface area (Å²) in [5.74, 6) is 1.08. The number of pyridine rings is 2. The molecule has 0 aromatic carbocycles. The molecule has 3 aromatic rings. The normalized spacial score (nSPS) is 15.0. The van der Waals surface area contributed by atoms with Gasteiger partial charge in [0.25, 0.3) is 5.91 Å². The number of amides is 1. The lowest BCUT2D eigenvalue weighted by molar-refractivity contribution is 0.102. The van der Waals surface area contributed by atoms with Crippen LogP contribution in [-0.2, 0) is 7.05 Å². The zero-order chi connectivity index (χ0) is 18.8. The summed E-state index contributed by atoms with van der Waals surface area (Å²) in [5.41, 5.74) is 1.05. The van der Waals surface area contributed by atoms with Gasteiger partial charge in [0.15, 0.2) is 11.5 Å². The second-order valence-corrected chi connectivity index (χ2v) is 7.07. The third-order valence-corrected chi connectivity index (χ3v) is 5.14. The van der Waals surface area contributed by atoms with Gasteiger partial charge in [-0.05, 0) is 37.1 Å². The van der Waals surface area contributed by atoms with E-state index in [9.17, 15) is 4.79 Å². The lowest BCUT2D eigenvalue weighted by Crippen LogP contribution is -2.24. The second-order valence-electron chi connectivity index (χ2n) is 6.71. The molecule has 1 fully saturated rings. The number of aromatic nitrogens is 4. The van der Waals surface area contributed by atoms with Crippen LogP contribution in [0.15, 0.2) is 30.5 Å². The minimum atomic E-state index is -0.343. The van der Waals surface area contributed by atoms with Crippen LogP contribution < -0.4 is 10.2 Å². The van der Waals surface area contributed by atoms with Crippen molar-refractivity contribution in [2.24, 2.45) is 7.05 Å². The van der Waals surface area contributed by atoms with Gasteiger partial charge in [-0.15, -0.1) is 0 Å². The van der Waals surface area contributed by atoms with E-state index < -0.39 is 0 Å². The number of anilines is 2. The average Bonchev–Trinajstić information content (AvgIpc) is 2.85. The molecule has 1 aliphatic heterocycles. The molecule has 0 bridgehead atoms. The van der Waals surface area contributed by atoms with Crippen molar-refractivity contribution in [3.8, 4) is 0 Å². The number of nitrogens with one attached hydrogen (secondary N) is 1. The van der Waals surface area contributed by atoms with Gasteiger partial charge in [0.1, 0.15) is 11.0 Å². The van der Waals surface area contributed by atoms with Crippen molar-refractivity contribution < 1.29 is 4.79 Å². The summed E-state index contributed by atoms with van der Waals surface area (Å²) in [6.45, 7) is 2.05. The summed E-state index contributed by atoms with van der Waals surface area (Å²) in [7, 11) is 1.83. The number of hydrogen-bond donors (Lipinski definition) is 1. The van der Waals surface area contributed by atoms with Gasteiger partial charge in [0.05, 0.1) is 10.9 Å². The molecule has 27 heavy (non-hydrogen) atoms. The monoisotopic (exact) mass is 384 g/mol. The predicted molar refractivity (Wildman–Crippen MR) is 106 cm³/mol. The summed E-state index contributed by atoms with van der Waals surface area (Å²) < 4.78 is 1.69.